The van der Waals surface area contributed by atoms with Crippen LogP contribution in [0, 0.1) is 0 Å². The molecule has 0 fully saturated rings. The Morgan fingerprint density at radius 1 is 1.50 bits per heavy atom. The molecule has 0 aliphatic carbocycles. The SMILES string of the molecule is NC(=O)C(N)CCCS(=O)(=O)O. The smallest absolute Gasteiger partial charge is 0.264 e. The number of nitrogens with two attached hydrogens (primary N) is 2. The number of carbonyl (C=O) groups excluding carboxylic acids is 1. The van der Waals surface area contributed by atoms with Gasteiger partial charge < -0.3 is 11.5 Å². The average molecular weight is 196 g/mol. The molecule has 0 spiro atoms. The lowest BCUT2D eigenvalue weighted by molar-refractivity contribution is -0.119. The summed E-state index contributed by atoms with van der Waals surface area (Å²) in [6, 6.07) is -0.841. The Hall–Kier alpha value is -0.660. The summed E-state index contributed by atoms with van der Waals surface area (Å²) in [5.74, 6) is -1.07. The van der Waals surface area contributed by atoms with Crippen LogP contribution in [0.2, 0.25) is 0 Å². The van der Waals surface area contributed by atoms with Gasteiger partial charge in [-0.3, -0.25) is 9.35 Å². The fourth-order valence-electron chi connectivity index (χ4n) is 0.628. The van der Waals surface area contributed by atoms with Crippen LogP contribution in [0.3, 0.4) is 0 Å². The van der Waals surface area contributed by atoms with Crippen LogP contribution in [0.1, 0.15) is 12.8 Å². The van der Waals surface area contributed by atoms with Crippen molar-refractivity contribution >= 4 is 16.0 Å². The molecule has 0 aliphatic heterocycles. The first-order valence-corrected chi connectivity index (χ1v) is 4.94. The fraction of sp³-hybridized carbons (Fsp3) is 0.800. The van der Waals surface area contributed by atoms with Gasteiger partial charge >= 0.3 is 0 Å². The van der Waals surface area contributed by atoms with Crippen molar-refractivity contribution in [1.29, 1.82) is 0 Å². The normalized spacial score (nSPS) is 14.2. The van der Waals surface area contributed by atoms with E-state index in [9.17, 15) is 13.2 Å². The first-order chi connectivity index (χ1) is 5.33. The number of carbonyl (C=O) groups is 1. The van der Waals surface area contributed by atoms with Crippen LogP contribution in [0.25, 0.3) is 0 Å². The van der Waals surface area contributed by atoms with Gasteiger partial charge in [0.05, 0.1) is 11.8 Å². The Bertz CT molecular complexity index is 248. The highest BCUT2D eigenvalue weighted by Crippen LogP contribution is 1.96. The van der Waals surface area contributed by atoms with Gasteiger partial charge in [0.1, 0.15) is 0 Å². The zero-order valence-electron chi connectivity index (χ0n) is 6.43. The minimum atomic E-state index is -3.95. The van der Waals surface area contributed by atoms with Crippen molar-refractivity contribution in [3.8, 4) is 0 Å². The predicted molar refractivity (Wildman–Crippen MR) is 42.8 cm³/mol. The van der Waals surface area contributed by atoms with E-state index in [0.717, 1.165) is 0 Å². The Balaban J connectivity index is 3.65. The number of primary amides is 1. The second-order valence-corrected chi connectivity index (χ2v) is 4.01. The van der Waals surface area contributed by atoms with Gasteiger partial charge in [-0.15, -0.1) is 0 Å². The maximum Gasteiger partial charge on any atom is 0.264 e. The van der Waals surface area contributed by atoms with E-state index in [1.807, 2.05) is 0 Å². The summed E-state index contributed by atoms with van der Waals surface area (Å²) in [5, 5.41) is 0. The second-order valence-electron chi connectivity index (χ2n) is 2.44. The van der Waals surface area contributed by atoms with Crippen LogP contribution in [0.4, 0.5) is 0 Å². The summed E-state index contributed by atoms with van der Waals surface area (Å²) < 4.78 is 28.6. The van der Waals surface area contributed by atoms with Gasteiger partial charge in [-0.1, -0.05) is 0 Å². The molecule has 1 unspecified atom stereocenters. The Morgan fingerprint density at radius 3 is 2.33 bits per heavy atom. The molecule has 0 aromatic rings. The Morgan fingerprint density at radius 2 is 2.00 bits per heavy atom. The molecule has 0 aliphatic rings. The summed E-state index contributed by atoms with van der Waals surface area (Å²) in [6.45, 7) is 0. The molecular weight excluding hydrogens is 184 g/mol. The van der Waals surface area contributed by atoms with E-state index in [1.54, 1.807) is 0 Å². The molecule has 0 saturated heterocycles. The first-order valence-electron chi connectivity index (χ1n) is 3.33. The lowest BCUT2D eigenvalue weighted by atomic mass is 10.2. The van der Waals surface area contributed by atoms with E-state index in [0.29, 0.717) is 0 Å². The highest BCUT2D eigenvalue weighted by molar-refractivity contribution is 7.85. The van der Waals surface area contributed by atoms with E-state index >= 15 is 0 Å². The molecule has 7 heteroatoms. The molecule has 12 heavy (non-hydrogen) atoms. The fourth-order valence-corrected chi connectivity index (χ4v) is 1.16. The average Bonchev–Trinajstić information content (AvgIpc) is 1.84. The number of amides is 1. The van der Waals surface area contributed by atoms with E-state index < -0.39 is 27.8 Å². The van der Waals surface area contributed by atoms with E-state index in [4.69, 9.17) is 16.0 Å². The van der Waals surface area contributed by atoms with Gasteiger partial charge in [0.2, 0.25) is 5.91 Å². The number of hydrogen-bond donors (Lipinski definition) is 3. The molecular formula is C5H12N2O4S. The van der Waals surface area contributed by atoms with Crippen molar-refractivity contribution in [2.45, 2.75) is 18.9 Å². The molecule has 6 nitrogen and oxygen atoms in total. The highest BCUT2D eigenvalue weighted by Gasteiger charge is 2.11. The molecule has 0 heterocycles. The lowest BCUT2D eigenvalue weighted by Gasteiger charge is -2.04. The zero-order chi connectivity index (χ0) is 9.78. The predicted octanol–water partition coefficient (Wildman–Crippen LogP) is -1.53. The lowest BCUT2D eigenvalue weighted by Crippen LogP contribution is -2.36. The third-order valence-electron chi connectivity index (χ3n) is 1.28. The quantitative estimate of drug-likeness (QED) is 0.460. The van der Waals surface area contributed by atoms with Gasteiger partial charge in [0.25, 0.3) is 10.1 Å². The van der Waals surface area contributed by atoms with Crippen molar-refractivity contribution in [3.05, 3.63) is 0 Å². The van der Waals surface area contributed by atoms with Crippen LogP contribution in [0.5, 0.6) is 0 Å². The van der Waals surface area contributed by atoms with E-state index in [1.165, 1.54) is 0 Å². The Kier molecular flexibility index (Phi) is 4.15. The molecule has 0 rings (SSSR count). The van der Waals surface area contributed by atoms with Gasteiger partial charge in [-0.25, -0.2) is 0 Å². The van der Waals surface area contributed by atoms with Crippen LogP contribution in [-0.2, 0) is 14.9 Å². The zero-order valence-corrected chi connectivity index (χ0v) is 7.25. The van der Waals surface area contributed by atoms with Gasteiger partial charge in [0.15, 0.2) is 0 Å². The molecule has 0 aromatic heterocycles. The molecule has 72 valence electrons. The number of rotatable bonds is 5. The third kappa shape index (κ3) is 6.08. The van der Waals surface area contributed by atoms with Crippen molar-refractivity contribution < 1.29 is 17.8 Å². The highest BCUT2D eigenvalue weighted by atomic mass is 32.2. The summed E-state index contributed by atoms with van der Waals surface area (Å²) in [7, 11) is -3.95. The summed E-state index contributed by atoms with van der Waals surface area (Å²) >= 11 is 0. The molecule has 0 radical (unpaired) electrons. The standard InChI is InChI=1S/C5H12N2O4S/c6-4(5(7)8)2-1-3-12(9,10)11/h4H,1-3,6H2,(H2,7,8)(H,9,10,11). The van der Waals surface area contributed by atoms with Crippen molar-refractivity contribution in [3.63, 3.8) is 0 Å². The van der Waals surface area contributed by atoms with Gasteiger partial charge in [-0.05, 0) is 12.8 Å². The van der Waals surface area contributed by atoms with Crippen molar-refractivity contribution in [2.75, 3.05) is 5.75 Å². The van der Waals surface area contributed by atoms with Crippen LogP contribution in [0.15, 0.2) is 0 Å². The van der Waals surface area contributed by atoms with Gasteiger partial charge in [-0.2, -0.15) is 8.42 Å². The minimum Gasteiger partial charge on any atom is -0.368 e. The molecule has 0 saturated carbocycles. The molecule has 5 N–H and O–H groups in total. The number of hydrogen-bond acceptors (Lipinski definition) is 4. The van der Waals surface area contributed by atoms with Gasteiger partial charge in [0, 0.05) is 0 Å². The Labute approximate surface area is 70.7 Å². The maximum atomic E-state index is 10.3. The van der Waals surface area contributed by atoms with E-state index in [2.05, 4.69) is 0 Å². The van der Waals surface area contributed by atoms with Crippen LogP contribution in [-0.4, -0.2) is 30.7 Å². The van der Waals surface area contributed by atoms with Crippen LogP contribution >= 0.6 is 0 Å². The minimum absolute atomic E-state index is 0.128. The summed E-state index contributed by atoms with van der Waals surface area (Å²) in [6.07, 6.45) is 0.290. The van der Waals surface area contributed by atoms with Crippen molar-refractivity contribution in [1.82, 2.24) is 0 Å². The largest absolute Gasteiger partial charge is 0.368 e. The molecule has 1 amide bonds. The topological polar surface area (TPSA) is 123 Å². The van der Waals surface area contributed by atoms with E-state index in [-0.39, 0.29) is 12.8 Å². The van der Waals surface area contributed by atoms with Crippen LogP contribution < -0.4 is 11.5 Å². The monoisotopic (exact) mass is 196 g/mol. The third-order valence-corrected chi connectivity index (χ3v) is 2.09. The van der Waals surface area contributed by atoms with Crippen molar-refractivity contribution in [2.24, 2.45) is 11.5 Å². The first kappa shape index (κ1) is 11.3. The maximum absolute atomic E-state index is 10.3. The summed E-state index contributed by atoms with van der Waals surface area (Å²) in [5.41, 5.74) is 10.0. The second kappa shape index (κ2) is 4.39. The molecule has 0 bridgehead atoms. The molecule has 0 aromatic carbocycles. The summed E-state index contributed by atoms with van der Waals surface area (Å²) in [4.78, 5) is 10.3. The molecule has 1 atom stereocenters.